The minimum Gasteiger partial charge on any atom is -0.318 e. The van der Waals surface area contributed by atoms with Crippen LogP contribution in [-0.4, -0.2) is 12.7 Å². The smallest absolute Gasteiger partial charge is 0.0741 e. The average molecular weight is 222 g/mol. The van der Waals surface area contributed by atoms with E-state index in [1.807, 2.05) is 6.08 Å². The van der Waals surface area contributed by atoms with Crippen molar-refractivity contribution in [3.05, 3.63) is 12.7 Å². The Hall–Kier alpha value is 0.360. The zero-order valence-electron chi connectivity index (χ0n) is 7.82. The topological polar surface area (TPSA) is 18.5 Å². The minimum atomic E-state index is 0.181. The average Bonchev–Trinajstić information content (AvgIpc) is 2.17. The maximum absolute atomic E-state index is 4.99. The summed E-state index contributed by atoms with van der Waals surface area (Å²) in [5.41, 5.74) is 0. The van der Waals surface area contributed by atoms with Gasteiger partial charge in [0.25, 0.3) is 0 Å². The van der Waals surface area contributed by atoms with Crippen LogP contribution in [0, 0.1) is 0 Å². The number of hydrogen-bond acceptors (Lipinski definition) is 4. The molecule has 4 heteroatoms. The van der Waals surface area contributed by atoms with Gasteiger partial charge in [0.1, 0.15) is 0 Å². The van der Waals surface area contributed by atoms with Crippen LogP contribution in [0.3, 0.4) is 0 Å². The minimum absolute atomic E-state index is 0.181. The molecule has 0 spiro atoms. The zero-order chi connectivity index (χ0) is 9.94. The van der Waals surface area contributed by atoms with Crippen molar-refractivity contribution in [2.45, 2.75) is 38.2 Å². The molecule has 0 aliphatic heterocycles. The van der Waals surface area contributed by atoms with E-state index < -0.39 is 0 Å². The van der Waals surface area contributed by atoms with Gasteiger partial charge in [0.15, 0.2) is 0 Å². The third kappa shape index (κ3) is 8.68. The fourth-order valence-corrected chi connectivity index (χ4v) is 1.41. The lowest BCUT2D eigenvalue weighted by atomic mass is 10.1. The van der Waals surface area contributed by atoms with Crippen LogP contribution in [0.5, 0.6) is 0 Å². The first-order valence-corrected chi connectivity index (χ1v) is 5.25. The fourth-order valence-electron chi connectivity index (χ4n) is 1.09. The maximum Gasteiger partial charge on any atom is 0.0741 e. The molecule has 0 saturated carbocycles. The molecule has 0 saturated heterocycles. The molecule has 13 heavy (non-hydrogen) atoms. The highest BCUT2D eigenvalue weighted by Gasteiger charge is 2.06. The number of unbranched alkanes of at least 4 members (excludes halogenated alkanes) is 2. The number of allylic oxidation sites excluding steroid dienone is 1. The lowest BCUT2D eigenvalue weighted by molar-refractivity contribution is 0.189. The standard InChI is InChI=1S/C9H18O2S2/c1-2-3-4-5-6-9(11-13)7-8-10-12/h2,9,12-13H,1,3-8H2. The van der Waals surface area contributed by atoms with Crippen LogP contribution in [0.15, 0.2) is 12.7 Å². The predicted octanol–water partition coefficient (Wildman–Crippen LogP) is 3.21. The van der Waals surface area contributed by atoms with E-state index in [4.69, 9.17) is 4.18 Å². The van der Waals surface area contributed by atoms with Gasteiger partial charge in [-0.15, -0.1) is 6.58 Å². The van der Waals surface area contributed by atoms with Crippen molar-refractivity contribution in [1.82, 2.24) is 0 Å². The Morgan fingerprint density at radius 1 is 1.23 bits per heavy atom. The normalized spacial score (nSPS) is 12.8. The largest absolute Gasteiger partial charge is 0.318 e. The zero-order valence-corrected chi connectivity index (χ0v) is 9.60. The van der Waals surface area contributed by atoms with Crippen molar-refractivity contribution < 1.29 is 8.37 Å². The molecule has 0 radical (unpaired) electrons. The number of rotatable bonds is 9. The summed E-state index contributed by atoms with van der Waals surface area (Å²) in [6.45, 7) is 4.28. The monoisotopic (exact) mass is 222 g/mol. The van der Waals surface area contributed by atoms with Gasteiger partial charge < -0.3 is 8.37 Å². The summed E-state index contributed by atoms with van der Waals surface area (Å²) in [5.74, 6) is 0. The lowest BCUT2D eigenvalue weighted by Crippen LogP contribution is -2.10. The van der Waals surface area contributed by atoms with Crippen LogP contribution >= 0.6 is 25.8 Å². The van der Waals surface area contributed by atoms with E-state index in [1.165, 1.54) is 6.42 Å². The van der Waals surface area contributed by atoms with Crippen LogP contribution in [0.1, 0.15) is 32.1 Å². The first kappa shape index (κ1) is 13.4. The highest BCUT2D eigenvalue weighted by Crippen LogP contribution is 2.12. The highest BCUT2D eigenvalue weighted by atomic mass is 32.1. The molecule has 0 fully saturated rings. The van der Waals surface area contributed by atoms with Crippen LogP contribution in [0.25, 0.3) is 0 Å². The van der Waals surface area contributed by atoms with E-state index in [9.17, 15) is 0 Å². The van der Waals surface area contributed by atoms with Gasteiger partial charge in [-0.25, -0.2) is 0 Å². The molecule has 0 bridgehead atoms. The lowest BCUT2D eigenvalue weighted by Gasteiger charge is -2.12. The Morgan fingerprint density at radius 3 is 2.54 bits per heavy atom. The quantitative estimate of drug-likeness (QED) is 0.270. The Kier molecular flexibility index (Phi) is 10.7. The molecule has 1 atom stereocenters. The summed E-state index contributed by atoms with van der Waals surface area (Å²) in [6, 6.07) is 0. The highest BCUT2D eigenvalue weighted by molar-refractivity contribution is 7.75. The summed E-state index contributed by atoms with van der Waals surface area (Å²) in [6.07, 6.45) is 7.37. The Balaban J connectivity index is 3.30. The van der Waals surface area contributed by atoms with E-state index in [-0.39, 0.29) is 6.10 Å². The van der Waals surface area contributed by atoms with Gasteiger partial charge in [0.2, 0.25) is 0 Å². The van der Waals surface area contributed by atoms with E-state index in [1.54, 1.807) is 0 Å². The first-order chi connectivity index (χ1) is 6.35. The molecule has 0 aromatic rings. The summed E-state index contributed by atoms with van der Waals surface area (Å²) in [7, 11) is 0. The Labute approximate surface area is 91.9 Å². The third-order valence-corrected chi connectivity index (χ3v) is 2.35. The van der Waals surface area contributed by atoms with E-state index in [0.29, 0.717) is 6.61 Å². The molecule has 2 nitrogen and oxygen atoms in total. The van der Waals surface area contributed by atoms with Crippen LogP contribution in [0.2, 0.25) is 0 Å². The second kappa shape index (κ2) is 10.4. The molecule has 0 aliphatic carbocycles. The van der Waals surface area contributed by atoms with Gasteiger partial charge in [-0.1, -0.05) is 12.5 Å². The second-order valence-corrected chi connectivity index (χ2v) is 3.39. The molecular weight excluding hydrogens is 204 g/mol. The molecule has 1 unspecified atom stereocenters. The van der Waals surface area contributed by atoms with Gasteiger partial charge in [-0.05, 0) is 51.5 Å². The second-order valence-electron chi connectivity index (χ2n) is 2.92. The molecule has 0 aromatic heterocycles. The summed E-state index contributed by atoms with van der Waals surface area (Å²) >= 11 is 7.48. The van der Waals surface area contributed by atoms with Crippen molar-refractivity contribution in [2.75, 3.05) is 6.61 Å². The Morgan fingerprint density at radius 2 is 2.00 bits per heavy atom. The molecular formula is C9H18O2S2. The van der Waals surface area contributed by atoms with Crippen molar-refractivity contribution in [3.8, 4) is 0 Å². The van der Waals surface area contributed by atoms with Crippen LogP contribution in [-0.2, 0) is 8.37 Å². The molecule has 0 aromatic carbocycles. The summed E-state index contributed by atoms with van der Waals surface area (Å²) in [5, 5.41) is 0. The summed E-state index contributed by atoms with van der Waals surface area (Å²) < 4.78 is 9.65. The predicted molar refractivity (Wildman–Crippen MR) is 62.1 cm³/mol. The SMILES string of the molecule is C=CCCCCC(CCOS)OS. The van der Waals surface area contributed by atoms with Gasteiger partial charge in [0.05, 0.1) is 12.7 Å². The van der Waals surface area contributed by atoms with Gasteiger partial charge in [-0.2, -0.15) is 0 Å². The first-order valence-electron chi connectivity index (χ1n) is 4.52. The molecule has 0 aliphatic rings. The van der Waals surface area contributed by atoms with E-state index in [2.05, 4.69) is 36.6 Å². The van der Waals surface area contributed by atoms with Crippen molar-refractivity contribution >= 4 is 25.8 Å². The van der Waals surface area contributed by atoms with Crippen molar-refractivity contribution in [1.29, 1.82) is 0 Å². The Bertz CT molecular complexity index is 120. The van der Waals surface area contributed by atoms with E-state index >= 15 is 0 Å². The fraction of sp³-hybridized carbons (Fsp3) is 0.778. The molecule has 0 N–H and O–H groups in total. The molecule has 0 amide bonds. The number of hydrogen-bond donors (Lipinski definition) is 2. The maximum atomic E-state index is 4.99. The molecule has 0 heterocycles. The summed E-state index contributed by atoms with van der Waals surface area (Å²) in [4.78, 5) is 0. The number of thiol groups is 2. The molecule has 0 rings (SSSR count). The molecule has 78 valence electrons. The van der Waals surface area contributed by atoms with Gasteiger partial charge in [0, 0.05) is 0 Å². The third-order valence-electron chi connectivity index (χ3n) is 1.86. The van der Waals surface area contributed by atoms with Gasteiger partial charge in [-0.3, -0.25) is 0 Å². The van der Waals surface area contributed by atoms with E-state index in [0.717, 1.165) is 25.7 Å². The van der Waals surface area contributed by atoms with Crippen molar-refractivity contribution in [3.63, 3.8) is 0 Å². The van der Waals surface area contributed by atoms with Crippen LogP contribution < -0.4 is 0 Å². The van der Waals surface area contributed by atoms with Gasteiger partial charge >= 0.3 is 0 Å². The van der Waals surface area contributed by atoms with Crippen LogP contribution in [0.4, 0.5) is 0 Å². The van der Waals surface area contributed by atoms with Crippen molar-refractivity contribution in [2.24, 2.45) is 0 Å².